The Bertz CT molecular complexity index is 1440. The van der Waals surface area contributed by atoms with Crippen LogP contribution >= 0.6 is 0 Å². The highest BCUT2D eigenvalue weighted by atomic mass is 16.5. The van der Waals surface area contributed by atoms with Gasteiger partial charge in [-0.25, -0.2) is 14.4 Å². The van der Waals surface area contributed by atoms with Gasteiger partial charge >= 0.3 is 23.9 Å². The lowest BCUT2D eigenvalue weighted by Gasteiger charge is -2.37. The Morgan fingerprint density at radius 2 is 1.44 bits per heavy atom. The van der Waals surface area contributed by atoms with Crippen LogP contribution in [0.4, 0.5) is 0 Å². The fourth-order valence-electron chi connectivity index (χ4n) is 6.38. The van der Waals surface area contributed by atoms with Gasteiger partial charge in [-0.1, -0.05) is 31.2 Å². The zero-order valence-electron chi connectivity index (χ0n) is 23.6. The molecule has 1 amide bonds. The number of nitrogens with one attached hydrogen (secondary N) is 1. The maximum absolute atomic E-state index is 14.4. The Morgan fingerprint density at radius 3 is 2.00 bits per heavy atom. The first kappa shape index (κ1) is 29.4. The second-order valence-electron chi connectivity index (χ2n) is 10.2. The molecule has 0 radical (unpaired) electrons. The Kier molecular flexibility index (Phi) is 8.01. The minimum Gasteiger partial charge on any atom is -0.469 e. The molecule has 0 fully saturated rings. The van der Waals surface area contributed by atoms with Crippen LogP contribution in [0.25, 0.3) is 0 Å². The lowest BCUT2D eigenvalue weighted by Crippen LogP contribution is -2.57. The molecule has 0 saturated carbocycles. The topological polar surface area (TPSA) is 151 Å². The molecule has 41 heavy (non-hydrogen) atoms. The molecule has 1 aromatic rings. The number of amides is 1. The van der Waals surface area contributed by atoms with E-state index in [1.165, 1.54) is 27.2 Å². The minimum atomic E-state index is -1.74. The van der Waals surface area contributed by atoms with Crippen molar-refractivity contribution in [1.82, 2.24) is 5.32 Å². The van der Waals surface area contributed by atoms with Crippen LogP contribution in [0, 0.1) is 23.7 Å². The molecule has 0 heterocycles. The van der Waals surface area contributed by atoms with Gasteiger partial charge in [0.15, 0.2) is 5.78 Å². The average Bonchev–Trinajstić information content (AvgIpc) is 3.09. The van der Waals surface area contributed by atoms with Crippen LogP contribution in [0.2, 0.25) is 0 Å². The molecule has 11 nitrogen and oxygen atoms in total. The first-order valence-electron chi connectivity index (χ1n) is 12.9. The number of esters is 4. The molecule has 1 aromatic carbocycles. The summed E-state index contributed by atoms with van der Waals surface area (Å²) in [5.74, 6) is -8.70. The number of carbonyl (C=O) groups excluding carboxylic acids is 6. The highest BCUT2D eigenvalue weighted by molar-refractivity contribution is 6.14. The van der Waals surface area contributed by atoms with E-state index in [1.807, 2.05) is 0 Å². The van der Waals surface area contributed by atoms with Crippen molar-refractivity contribution in [3.8, 4) is 0 Å². The number of ether oxygens (including phenoxy) is 4. The number of hydrogen-bond donors (Lipinski definition) is 1. The van der Waals surface area contributed by atoms with Gasteiger partial charge in [0.2, 0.25) is 0 Å². The van der Waals surface area contributed by atoms with Gasteiger partial charge in [0.05, 0.1) is 45.5 Å². The molecule has 0 aromatic heterocycles. The Hall–Kier alpha value is -4.54. The maximum Gasteiger partial charge on any atom is 0.334 e. The number of hydrogen-bond acceptors (Lipinski definition) is 10. The van der Waals surface area contributed by atoms with Crippen LogP contribution in [0.15, 0.2) is 64.3 Å². The van der Waals surface area contributed by atoms with Crippen molar-refractivity contribution in [2.45, 2.75) is 25.8 Å². The lowest BCUT2D eigenvalue weighted by molar-refractivity contribution is -0.146. The normalized spacial score (nSPS) is 26.8. The number of carbonyl (C=O) groups is 6. The Morgan fingerprint density at radius 1 is 0.854 bits per heavy atom. The average molecular weight is 566 g/mol. The third-order valence-electron chi connectivity index (χ3n) is 8.17. The first-order valence-corrected chi connectivity index (χ1v) is 12.9. The van der Waals surface area contributed by atoms with Crippen molar-refractivity contribution in [2.75, 3.05) is 28.4 Å². The van der Waals surface area contributed by atoms with Crippen molar-refractivity contribution in [3.05, 3.63) is 69.8 Å². The molecule has 0 bridgehead atoms. The highest BCUT2D eigenvalue weighted by Gasteiger charge is 2.62. The van der Waals surface area contributed by atoms with Crippen LogP contribution in [0.3, 0.4) is 0 Å². The summed E-state index contributed by atoms with van der Waals surface area (Å²) >= 11 is 0. The molecule has 4 rings (SSSR count). The van der Waals surface area contributed by atoms with Crippen LogP contribution in [-0.4, -0.2) is 69.5 Å². The maximum atomic E-state index is 14.4. The third kappa shape index (κ3) is 4.64. The monoisotopic (exact) mass is 565 g/mol. The molecule has 216 valence electrons. The van der Waals surface area contributed by atoms with Gasteiger partial charge < -0.3 is 24.3 Å². The number of ketones is 1. The van der Waals surface area contributed by atoms with Gasteiger partial charge in [-0.2, -0.15) is 0 Å². The SMILES string of the molecule is COC(=O)C1=C[C@@H](C(=O)OC)C2C3=C(C(=O)[C@@]2(C)NC(=O)c2ccccc2)[C@H](C)C(C(=O)OC)=C(C(=O)OC)[C@@H]3C1. The van der Waals surface area contributed by atoms with E-state index in [9.17, 15) is 28.8 Å². The Balaban J connectivity index is 2.03. The zero-order valence-corrected chi connectivity index (χ0v) is 23.6. The van der Waals surface area contributed by atoms with E-state index < -0.39 is 64.8 Å². The van der Waals surface area contributed by atoms with Gasteiger partial charge in [-0.3, -0.25) is 14.4 Å². The van der Waals surface area contributed by atoms with Crippen molar-refractivity contribution in [3.63, 3.8) is 0 Å². The van der Waals surface area contributed by atoms with Gasteiger partial charge in [0.1, 0.15) is 5.54 Å². The lowest BCUT2D eigenvalue weighted by atomic mass is 9.68. The van der Waals surface area contributed by atoms with Crippen molar-refractivity contribution in [2.24, 2.45) is 23.7 Å². The highest BCUT2D eigenvalue weighted by Crippen LogP contribution is 2.57. The molecular formula is C30H31NO10. The molecule has 0 spiro atoms. The molecule has 1 N–H and O–H groups in total. The largest absolute Gasteiger partial charge is 0.469 e. The first-order chi connectivity index (χ1) is 19.5. The molecule has 3 aliphatic rings. The standard InChI is InChI=1S/C30H31NO10/c1-14-19-21-17(22(29(37)41-6)20(14)28(36)40-5)12-16(26(34)38-3)13-18(27(35)39-4)23(21)30(2,24(19)32)31-25(33)15-10-8-7-9-11-15/h7-11,13-14,17-18,23H,12H2,1-6H3,(H,31,33)/t14-,17+,18+,23?,30-/m0/s1. The van der Waals surface area contributed by atoms with E-state index in [0.29, 0.717) is 5.57 Å². The van der Waals surface area contributed by atoms with Crippen molar-refractivity contribution >= 4 is 35.6 Å². The third-order valence-corrected chi connectivity index (χ3v) is 8.17. The van der Waals surface area contributed by atoms with E-state index in [1.54, 1.807) is 37.3 Å². The fourth-order valence-corrected chi connectivity index (χ4v) is 6.38. The molecule has 0 aliphatic heterocycles. The van der Waals surface area contributed by atoms with E-state index in [0.717, 1.165) is 14.2 Å². The Labute approximate surface area is 236 Å². The predicted octanol–water partition coefficient (Wildman–Crippen LogP) is 1.87. The van der Waals surface area contributed by atoms with Gasteiger partial charge in [0.25, 0.3) is 5.91 Å². The summed E-state index contributed by atoms with van der Waals surface area (Å²) in [7, 11) is 4.62. The van der Waals surface area contributed by atoms with Gasteiger partial charge in [-0.05, 0) is 31.1 Å². The summed E-state index contributed by atoms with van der Waals surface area (Å²) in [4.78, 5) is 80.4. The number of rotatable bonds is 6. The van der Waals surface area contributed by atoms with Crippen molar-refractivity contribution in [1.29, 1.82) is 0 Å². The molecule has 5 atom stereocenters. The fraction of sp³-hybridized carbons (Fsp3) is 0.400. The predicted molar refractivity (Wildman–Crippen MR) is 142 cm³/mol. The number of benzene rings is 1. The van der Waals surface area contributed by atoms with Crippen LogP contribution < -0.4 is 5.32 Å². The molecule has 11 heteroatoms. The van der Waals surface area contributed by atoms with E-state index in [4.69, 9.17) is 18.9 Å². The molecule has 0 saturated heterocycles. The smallest absolute Gasteiger partial charge is 0.334 e. The summed E-state index contributed by atoms with van der Waals surface area (Å²) in [6.45, 7) is 3.06. The van der Waals surface area contributed by atoms with Gasteiger partial charge in [-0.15, -0.1) is 0 Å². The van der Waals surface area contributed by atoms with E-state index >= 15 is 0 Å². The van der Waals surface area contributed by atoms with Gasteiger partial charge in [0, 0.05) is 34.5 Å². The molecule has 1 unspecified atom stereocenters. The van der Waals surface area contributed by atoms with Crippen LogP contribution in [-0.2, 0) is 42.9 Å². The van der Waals surface area contributed by atoms with Crippen LogP contribution in [0.1, 0.15) is 30.6 Å². The van der Waals surface area contributed by atoms with Crippen molar-refractivity contribution < 1.29 is 47.7 Å². The minimum absolute atomic E-state index is 0.0264. The van der Waals surface area contributed by atoms with Crippen LogP contribution in [0.5, 0.6) is 0 Å². The second-order valence-corrected chi connectivity index (χ2v) is 10.2. The summed E-state index contributed by atoms with van der Waals surface area (Å²) in [5, 5.41) is 2.83. The summed E-state index contributed by atoms with van der Waals surface area (Å²) in [5.41, 5.74) is -1.14. The zero-order chi connectivity index (χ0) is 30.2. The van der Waals surface area contributed by atoms with E-state index in [2.05, 4.69) is 5.32 Å². The molecular weight excluding hydrogens is 534 g/mol. The quantitative estimate of drug-likeness (QED) is 0.400. The van der Waals surface area contributed by atoms with E-state index in [-0.39, 0.29) is 34.3 Å². The second kappa shape index (κ2) is 11.1. The number of methoxy groups -OCH3 is 4. The summed E-state index contributed by atoms with van der Waals surface area (Å²) in [6.07, 6.45) is 1.16. The summed E-state index contributed by atoms with van der Waals surface area (Å²) < 4.78 is 20.1. The molecule has 3 aliphatic carbocycles. The number of Topliss-reactive ketones (excluding diaryl/α,β-unsaturated/α-hetero) is 1. The summed E-state index contributed by atoms with van der Waals surface area (Å²) in [6, 6.07) is 8.21.